The number of ether oxygens (including phenoxy) is 16. The number of carboxylic acids is 6. The van der Waals surface area contributed by atoms with Gasteiger partial charge in [-0.1, -0.05) is 0 Å². The fourth-order valence-electron chi connectivity index (χ4n) is 12.2. The normalized spacial score (nSPS) is 48.9. The van der Waals surface area contributed by atoms with Gasteiger partial charge in [0.2, 0.25) is 0 Å². The highest BCUT2D eigenvalue weighted by Gasteiger charge is 2.63. The Labute approximate surface area is 574 Å². The molecule has 0 aromatic rings. The molecule has 49 heteroatoms. The predicted octanol–water partition coefficient (Wildman–Crippen LogP) is -17.4. The van der Waals surface area contributed by atoms with Gasteiger partial charge in [-0.25, -0.2) is 28.8 Å². The summed E-state index contributed by atoms with van der Waals surface area (Å²) in [5.74, 6) is -12.7. The standard InChI is InChI=1S/C54H82O49/c1-5(56)9(57)12(60)8(4-55)90-50-26(74)29(92-48-22(70)14(62)19(67)32(95-48)42(78)79)37(39(102-50)45(84)85)100-54-36(17(65)11(59)7(3)89-54)99-52-27(75)30(93-49-23(71)15(63)20(68)33(96-49)43(80)81)38(40(103-52)46(86)87)101-53-35(16(64)10(58)6(2)88-53)98-51-25(73)28(24(72)34(97-51)44(82)83)91-47-21(69)13(61)18(66)31(94-47)41(76)77/h5-40,47-75H,4H2,1-3H3,(H,76,77)(H,78,79)(H,80,81)(H,82,83)(H,84,85)(H,86,87)/t5-,6-,7-,8-,9-,10-,11-,12-,13-,14-,15-,16+,17+,18-,19-,20-,21+,22+,23+,24+,25+,26+,27+,28-,29+,30+,31-,32-,33-,34-,35+,36+,37+,38+,39-,40-,47+,48+,49+,50-,51+,52-,53-,54-/m0/s1. The van der Waals surface area contributed by atoms with Gasteiger partial charge in [0.1, 0.15) is 165 Å². The molecule has 103 heavy (non-hydrogen) atoms. The molecule has 27 N–H and O–H groups in total. The quantitative estimate of drug-likeness (QED) is 0.0382. The second-order valence-corrected chi connectivity index (χ2v) is 25.1. The van der Waals surface area contributed by atoms with E-state index in [2.05, 4.69) is 0 Å². The molecule has 8 fully saturated rings. The Morgan fingerprint density at radius 2 is 0.544 bits per heavy atom. The van der Waals surface area contributed by atoms with Crippen molar-refractivity contribution in [2.45, 2.75) is 291 Å². The van der Waals surface area contributed by atoms with Gasteiger partial charge in [-0.3, -0.25) is 0 Å². The molecule has 44 atom stereocenters. The summed E-state index contributed by atoms with van der Waals surface area (Å²) in [5, 5.41) is 292. The summed E-state index contributed by atoms with van der Waals surface area (Å²) in [6.07, 6.45) is -110. The van der Waals surface area contributed by atoms with Crippen LogP contribution in [0, 0.1) is 0 Å². The first kappa shape index (κ1) is 84.0. The van der Waals surface area contributed by atoms with Crippen LogP contribution in [0.1, 0.15) is 20.8 Å². The van der Waals surface area contributed by atoms with Crippen molar-refractivity contribution in [3.8, 4) is 0 Å². The molecule has 8 aliphatic rings. The number of aliphatic carboxylic acids is 6. The largest absolute Gasteiger partial charge is 0.479 e. The number of hydrogen-bond donors (Lipinski definition) is 27. The summed E-state index contributed by atoms with van der Waals surface area (Å²) in [6.45, 7) is 1.65. The molecule has 8 saturated heterocycles. The Morgan fingerprint density at radius 3 is 0.864 bits per heavy atom. The molecular weight excluding hydrogens is 1430 g/mol. The van der Waals surface area contributed by atoms with E-state index in [9.17, 15) is 167 Å². The molecule has 0 aliphatic carbocycles. The van der Waals surface area contributed by atoms with Crippen LogP contribution in [0.15, 0.2) is 0 Å². The van der Waals surface area contributed by atoms with Crippen molar-refractivity contribution in [2.24, 2.45) is 0 Å². The molecule has 0 aromatic carbocycles. The van der Waals surface area contributed by atoms with E-state index in [-0.39, 0.29) is 0 Å². The minimum absolute atomic E-state index is 0.966. The van der Waals surface area contributed by atoms with E-state index in [1.54, 1.807) is 0 Å². The first-order chi connectivity index (χ1) is 48.1. The molecule has 8 rings (SSSR count). The minimum atomic E-state index is -2.93. The van der Waals surface area contributed by atoms with E-state index in [0.29, 0.717) is 0 Å². The first-order valence-electron chi connectivity index (χ1n) is 31.1. The van der Waals surface area contributed by atoms with Gasteiger partial charge in [0.05, 0.1) is 24.9 Å². The molecule has 0 aromatic heterocycles. The number of carboxylic acid groups (broad SMARTS) is 6. The minimum Gasteiger partial charge on any atom is -0.479 e. The van der Waals surface area contributed by atoms with Gasteiger partial charge >= 0.3 is 35.8 Å². The van der Waals surface area contributed by atoms with Crippen LogP contribution in [0.4, 0.5) is 0 Å². The van der Waals surface area contributed by atoms with Crippen LogP contribution in [-0.4, -0.2) is 450 Å². The molecule has 0 radical (unpaired) electrons. The Kier molecular flexibility index (Phi) is 27.9. The van der Waals surface area contributed by atoms with Crippen LogP contribution in [0.3, 0.4) is 0 Å². The first-order valence-corrected chi connectivity index (χ1v) is 31.1. The van der Waals surface area contributed by atoms with E-state index in [0.717, 1.165) is 20.8 Å². The van der Waals surface area contributed by atoms with Crippen molar-refractivity contribution in [3.63, 3.8) is 0 Å². The molecule has 0 amide bonds. The average Bonchev–Trinajstić information content (AvgIpc) is 0.762. The van der Waals surface area contributed by atoms with Crippen molar-refractivity contribution in [3.05, 3.63) is 0 Å². The fourth-order valence-corrected chi connectivity index (χ4v) is 12.2. The summed E-state index contributed by atoms with van der Waals surface area (Å²) in [5.41, 5.74) is 0. The van der Waals surface area contributed by atoms with Gasteiger partial charge in [0.15, 0.2) is 86.9 Å². The van der Waals surface area contributed by atoms with Crippen LogP contribution in [-0.2, 0) is 105 Å². The lowest BCUT2D eigenvalue weighted by Gasteiger charge is -2.51. The molecule has 0 saturated carbocycles. The van der Waals surface area contributed by atoms with Gasteiger partial charge in [-0.2, -0.15) is 0 Å². The van der Waals surface area contributed by atoms with Crippen LogP contribution >= 0.6 is 0 Å². The Morgan fingerprint density at radius 1 is 0.282 bits per heavy atom. The molecule has 0 bridgehead atoms. The lowest BCUT2D eigenvalue weighted by Crippen LogP contribution is -2.70. The highest BCUT2D eigenvalue weighted by atomic mass is 16.8. The van der Waals surface area contributed by atoms with Gasteiger partial charge in [-0.15, -0.1) is 0 Å². The molecule has 8 heterocycles. The summed E-state index contributed by atoms with van der Waals surface area (Å²) >= 11 is 0. The van der Waals surface area contributed by atoms with Crippen molar-refractivity contribution in [1.82, 2.24) is 0 Å². The summed E-state index contributed by atoms with van der Waals surface area (Å²) in [6, 6.07) is 0. The summed E-state index contributed by atoms with van der Waals surface area (Å²) in [4.78, 5) is 76.0. The molecule has 0 spiro atoms. The zero-order valence-electron chi connectivity index (χ0n) is 53.2. The van der Waals surface area contributed by atoms with Crippen LogP contribution in [0.2, 0.25) is 0 Å². The van der Waals surface area contributed by atoms with E-state index < -0.39 is 312 Å². The maximum Gasteiger partial charge on any atom is 0.335 e. The molecule has 49 nitrogen and oxygen atoms in total. The highest BCUT2D eigenvalue weighted by molar-refractivity contribution is 5.75. The number of aliphatic hydroxyl groups excluding tert-OH is 21. The molecular formula is C54H82O49. The highest BCUT2D eigenvalue weighted by Crippen LogP contribution is 2.41. The van der Waals surface area contributed by atoms with Gasteiger partial charge in [0, 0.05) is 0 Å². The van der Waals surface area contributed by atoms with Gasteiger partial charge < -0.3 is 214 Å². The third kappa shape index (κ3) is 17.4. The van der Waals surface area contributed by atoms with Crippen LogP contribution in [0.5, 0.6) is 0 Å². The average molecular weight is 1520 g/mol. The molecule has 592 valence electrons. The number of rotatable bonds is 26. The van der Waals surface area contributed by atoms with Crippen molar-refractivity contribution in [2.75, 3.05) is 6.61 Å². The number of carbonyl (C=O) groups is 6. The smallest absolute Gasteiger partial charge is 0.335 e. The monoisotopic (exact) mass is 1510 g/mol. The number of hydrogen-bond acceptors (Lipinski definition) is 43. The zero-order chi connectivity index (χ0) is 76.9. The lowest BCUT2D eigenvalue weighted by molar-refractivity contribution is -0.412. The lowest BCUT2D eigenvalue weighted by atomic mass is 9.94. The summed E-state index contributed by atoms with van der Waals surface area (Å²) < 4.78 is 89.4. The maximum atomic E-state index is 13.7. The third-order valence-electron chi connectivity index (χ3n) is 18.1. The summed E-state index contributed by atoms with van der Waals surface area (Å²) in [7, 11) is 0. The SMILES string of the molecule is C[C@H](O)[C@H](O)[C@@H](O)[C@H](CO)O[C@H]1O[C@H](C(=O)O)[C@H](O[C@@H]2O[C@@H](C)[C@H](O)[C@@H](O)[C@H]2O[C@H]2O[C@H](C(=O)O)[C@H](O[C@@H]3O[C@@H](C)[C@H](O)[C@@H](O)[C@H]3O[C@H]3O[C@H](C(=O)O)[C@H](O)[C@H](O[C@@H]4O[C@H](C(=O)O)[C@@H](O)[C@H](O)[C@H]4O)[C@H]3O)[C@H](O[C@@H]3O[C@H](C(=O)O)[C@@H](O)[C@H](O)[C@H]3O)[C@H]2O)[C@H](O[C@@H]2O[C@H](C(=O)O)[C@@H](O)[C@H](O)[C@H]2O)[C@H]1O. The van der Waals surface area contributed by atoms with Crippen molar-refractivity contribution in [1.29, 1.82) is 0 Å². The second kappa shape index (κ2) is 34.3. The van der Waals surface area contributed by atoms with Crippen molar-refractivity contribution < 1.29 is 242 Å². The Bertz CT molecular complexity index is 2860. The van der Waals surface area contributed by atoms with E-state index in [4.69, 9.17) is 75.8 Å². The van der Waals surface area contributed by atoms with E-state index in [1.165, 1.54) is 0 Å². The predicted molar refractivity (Wildman–Crippen MR) is 298 cm³/mol. The van der Waals surface area contributed by atoms with E-state index >= 15 is 0 Å². The van der Waals surface area contributed by atoms with Crippen LogP contribution in [0.25, 0.3) is 0 Å². The third-order valence-corrected chi connectivity index (χ3v) is 18.1. The maximum absolute atomic E-state index is 13.7. The zero-order valence-corrected chi connectivity index (χ0v) is 53.2. The number of aliphatic hydroxyl groups is 21. The van der Waals surface area contributed by atoms with E-state index in [1.807, 2.05) is 0 Å². The fraction of sp³-hybridized carbons (Fsp3) is 0.889. The topological polar surface area (TPSA) is 796 Å². The van der Waals surface area contributed by atoms with Crippen molar-refractivity contribution >= 4 is 35.8 Å². The van der Waals surface area contributed by atoms with Gasteiger partial charge in [-0.05, 0) is 20.8 Å². The second-order valence-electron chi connectivity index (χ2n) is 25.1. The van der Waals surface area contributed by atoms with Gasteiger partial charge in [0.25, 0.3) is 0 Å². The molecule has 8 aliphatic heterocycles. The Balaban J connectivity index is 1.16. The molecule has 0 unspecified atom stereocenters. The Hall–Kier alpha value is -4.66. The van der Waals surface area contributed by atoms with Crippen LogP contribution < -0.4 is 0 Å².